The fourth-order valence-electron chi connectivity index (χ4n) is 5.01. The molecule has 3 fully saturated rings. The van der Waals surface area contributed by atoms with Gasteiger partial charge in [0.15, 0.2) is 0 Å². The molecule has 3 saturated heterocycles. The van der Waals surface area contributed by atoms with Crippen molar-refractivity contribution in [3.8, 4) is 0 Å². The van der Waals surface area contributed by atoms with E-state index in [9.17, 15) is 9.59 Å². The summed E-state index contributed by atoms with van der Waals surface area (Å²) in [5, 5.41) is 3.59. The molecule has 3 aliphatic rings. The SMILES string of the molecule is CCCCCCN1C(=O)C2C(NC3N(c4ccc(CC)cc4)CCCN23)N(C)C1=O. The number of carbonyl (C=O) groups excluding carboxylic acids is 2. The van der Waals surface area contributed by atoms with E-state index in [-0.39, 0.29) is 30.4 Å². The van der Waals surface area contributed by atoms with Gasteiger partial charge in [0.25, 0.3) is 5.91 Å². The highest BCUT2D eigenvalue weighted by Gasteiger charge is 2.55. The van der Waals surface area contributed by atoms with Gasteiger partial charge in [-0.15, -0.1) is 0 Å². The number of nitrogens with one attached hydrogen (secondary N) is 1. The Balaban J connectivity index is 1.53. The molecule has 3 aliphatic heterocycles. The van der Waals surface area contributed by atoms with Crippen LogP contribution in [0.2, 0.25) is 0 Å². The third-order valence-corrected chi connectivity index (χ3v) is 6.78. The van der Waals surface area contributed by atoms with Crippen molar-refractivity contribution in [2.45, 2.75) is 70.9 Å². The minimum absolute atomic E-state index is 0.0437. The normalized spacial score (nSPS) is 26.9. The molecule has 7 heteroatoms. The second-order valence-corrected chi connectivity index (χ2v) is 8.68. The lowest BCUT2D eigenvalue weighted by Crippen LogP contribution is -2.66. The first kappa shape index (κ1) is 21.1. The smallest absolute Gasteiger partial charge is 0.327 e. The predicted octanol–water partition coefficient (Wildman–Crippen LogP) is 2.82. The Morgan fingerprint density at radius 1 is 1.03 bits per heavy atom. The van der Waals surface area contributed by atoms with E-state index in [0.29, 0.717) is 6.54 Å². The number of unbranched alkanes of at least 4 members (excludes halogenated alkanes) is 3. The monoisotopic (exact) mass is 413 g/mol. The molecule has 0 aliphatic carbocycles. The molecule has 0 bridgehead atoms. The maximum Gasteiger partial charge on any atom is 0.327 e. The minimum Gasteiger partial charge on any atom is -0.343 e. The van der Waals surface area contributed by atoms with Crippen molar-refractivity contribution in [2.24, 2.45) is 0 Å². The van der Waals surface area contributed by atoms with Crippen LogP contribution >= 0.6 is 0 Å². The molecule has 1 N–H and O–H groups in total. The summed E-state index contributed by atoms with van der Waals surface area (Å²) >= 11 is 0. The van der Waals surface area contributed by atoms with Crippen molar-refractivity contribution in [3.05, 3.63) is 29.8 Å². The van der Waals surface area contributed by atoms with Gasteiger partial charge >= 0.3 is 6.03 Å². The second kappa shape index (κ2) is 8.94. The van der Waals surface area contributed by atoms with E-state index in [2.05, 4.69) is 53.2 Å². The Labute approximate surface area is 180 Å². The van der Waals surface area contributed by atoms with Crippen LogP contribution in [0.5, 0.6) is 0 Å². The van der Waals surface area contributed by atoms with Gasteiger partial charge in [0, 0.05) is 32.4 Å². The summed E-state index contributed by atoms with van der Waals surface area (Å²) in [6.45, 7) is 6.64. The zero-order valence-corrected chi connectivity index (χ0v) is 18.5. The summed E-state index contributed by atoms with van der Waals surface area (Å²) in [6.07, 6.45) is 5.88. The van der Waals surface area contributed by atoms with Gasteiger partial charge in [-0.1, -0.05) is 45.2 Å². The van der Waals surface area contributed by atoms with Crippen molar-refractivity contribution in [3.63, 3.8) is 0 Å². The number of rotatable bonds is 7. The number of hydrogen-bond donors (Lipinski definition) is 1. The number of fused-ring (bicyclic) bond motifs is 3. The number of amides is 3. The van der Waals surface area contributed by atoms with E-state index >= 15 is 0 Å². The molecular formula is C23H35N5O2. The molecule has 3 unspecified atom stereocenters. The van der Waals surface area contributed by atoms with Crippen molar-refractivity contribution >= 4 is 17.6 Å². The minimum atomic E-state index is -0.318. The van der Waals surface area contributed by atoms with E-state index in [4.69, 9.17) is 0 Å². The number of anilines is 1. The van der Waals surface area contributed by atoms with Gasteiger partial charge in [0.05, 0.1) is 0 Å². The Morgan fingerprint density at radius 3 is 2.50 bits per heavy atom. The Kier molecular flexibility index (Phi) is 6.29. The summed E-state index contributed by atoms with van der Waals surface area (Å²) in [5.41, 5.74) is 2.48. The number of imide groups is 1. The summed E-state index contributed by atoms with van der Waals surface area (Å²) in [5.74, 6) is -0.0437. The fraction of sp³-hybridized carbons (Fsp3) is 0.652. The average molecular weight is 414 g/mol. The number of urea groups is 1. The van der Waals surface area contributed by atoms with E-state index < -0.39 is 0 Å². The Bertz CT molecular complexity index is 767. The van der Waals surface area contributed by atoms with Crippen LogP contribution in [-0.2, 0) is 11.2 Å². The molecule has 3 amide bonds. The van der Waals surface area contributed by atoms with Crippen molar-refractivity contribution in [1.29, 1.82) is 0 Å². The molecule has 0 radical (unpaired) electrons. The molecule has 3 heterocycles. The first-order valence-electron chi connectivity index (χ1n) is 11.5. The summed E-state index contributed by atoms with van der Waals surface area (Å²) < 4.78 is 0. The molecule has 1 aromatic carbocycles. The van der Waals surface area contributed by atoms with E-state index in [1.807, 2.05) is 7.05 Å². The van der Waals surface area contributed by atoms with Crippen molar-refractivity contribution in [1.82, 2.24) is 20.0 Å². The highest BCUT2D eigenvalue weighted by molar-refractivity contribution is 6.00. The summed E-state index contributed by atoms with van der Waals surface area (Å²) in [7, 11) is 1.82. The maximum atomic E-state index is 13.4. The zero-order chi connectivity index (χ0) is 21.3. The van der Waals surface area contributed by atoms with Crippen molar-refractivity contribution < 1.29 is 9.59 Å². The predicted molar refractivity (Wildman–Crippen MR) is 118 cm³/mol. The second-order valence-electron chi connectivity index (χ2n) is 8.68. The lowest BCUT2D eigenvalue weighted by atomic mass is 10.1. The third kappa shape index (κ3) is 3.69. The summed E-state index contributed by atoms with van der Waals surface area (Å²) in [6, 6.07) is 8.20. The van der Waals surface area contributed by atoms with Crippen molar-refractivity contribution in [2.75, 3.05) is 31.6 Å². The molecule has 164 valence electrons. The van der Waals surface area contributed by atoms with E-state index in [1.54, 1.807) is 4.90 Å². The fourth-order valence-corrected chi connectivity index (χ4v) is 5.01. The van der Waals surface area contributed by atoms with Crippen LogP contribution in [0, 0.1) is 0 Å². The number of aryl methyl sites for hydroxylation is 1. The van der Waals surface area contributed by atoms with Crippen LogP contribution in [0.15, 0.2) is 24.3 Å². The molecule has 0 aromatic heterocycles. The van der Waals surface area contributed by atoms with Gasteiger partial charge in [-0.25, -0.2) is 4.79 Å². The molecule has 1 aromatic rings. The van der Waals surface area contributed by atoms with E-state index in [0.717, 1.165) is 57.3 Å². The largest absolute Gasteiger partial charge is 0.343 e. The van der Waals surface area contributed by atoms with Crippen LogP contribution in [0.3, 0.4) is 0 Å². The number of carbonyl (C=O) groups is 2. The quantitative estimate of drug-likeness (QED) is 0.697. The van der Waals surface area contributed by atoms with Crippen LogP contribution in [0.4, 0.5) is 10.5 Å². The summed E-state index contributed by atoms with van der Waals surface area (Å²) in [4.78, 5) is 34.1. The highest BCUT2D eigenvalue weighted by atomic mass is 16.2. The first-order valence-corrected chi connectivity index (χ1v) is 11.5. The van der Waals surface area contributed by atoms with Gasteiger partial charge in [0.1, 0.15) is 18.5 Å². The molecule has 0 saturated carbocycles. The lowest BCUT2D eigenvalue weighted by Gasteiger charge is -2.44. The number of likely N-dealkylation sites (N-methyl/N-ethyl adjacent to an activating group) is 1. The Hall–Kier alpha value is -2.12. The van der Waals surface area contributed by atoms with Crippen LogP contribution in [-0.4, -0.2) is 71.8 Å². The number of benzene rings is 1. The topological polar surface area (TPSA) is 59.1 Å². The van der Waals surface area contributed by atoms with E-state index in [1.165, 1.54) is 10.5 Å². The number of nitrogens with zero attached hydrogens (tertiary/aromatic N) is 4. The molecule has 3 atom stereocenters. The van der Waals surface area contributed by atoms with Gasteiger partial charge in [0.2, 0.25) is 0 Å². The first-order chi connectivity index (χ1) is 14.6. The van der Waals surface area contributed by atoms with Gasteiger partial charge in [-0.2, -0.15) is 0 Å². The van der Waals surface area contributed by atoms with Crippen LogP contribution in [0.25, 0.3) is 0 Å². The highest BCUT2D eigenvalue weighted by Crippen LogP contribution is 2.33. The standard InChI is InChI=1S/C23H35N5O2/c1-4-6-7-8-14-28-21(29)19-20(25(3)23(28)30)24-22-26(15-9-16-27(19)22)18-12-10-17(5-2)11-13-18/h10-13,19-20,22,24H,4-9,14-16H2,1-3H3. The van der Waals surface area contributed by atoms with Gasteiger partial charge in [-0.05, 0) is 37.0 Å². The molecule has 0 spiro atoms. The molecule has 30 heavy (non-hydrogen) atoms. The van der Waals surface area contributed by atoms with Crippen LogP contribution < -0.4 is 10.2 Å². The third-order valence-electron chi connectivity index (χ3n) is 6.78. The van der Waals surface area contributed by atoms with Gasteiger partial charge in [-0.3, -0.25) is 19.9 Å². The van der Waals surface area contributed by atoms with Crippen LogP contribution in [0.1, 0.15) is 51.5 Å². The Morgan fingerprint density at radius 2 is 1.80 bits per heavy atom. The molecule has 7 nitrogen and oxygen atoms in total. The average Bonchev–Trinajstić information content (AvgIpc) is 3.17. The maximum absolute atomic E-state index is 13.4. The lowest BCUT2D eigenvalue weighted by molar-refractivity contribution is -0.138. The number of hydrogen-bond acceptors (Lipinski definition) is 5. The zero-order valence-electron chi connectivity index (χ0n) is 18.5. The molecular weight excluding hydrogens is 378 g/mol. The molecule has 4 rings (SSSR count). The van der Waals surface area contributed by atoms with Gasteiger partial charge < -0.3 is 9.80 Å².